The lowest BCUT2D eigenvalue weighted by Gasteiger charge is -2.19. The number of aromatic amines is 1. The van der Waals surface area contributed by atoms with Crippen LogP contribution in [0.4, 0.5) is 5.69 Å². The molecular weight excluding hydrogens is 366 g/mol. The van der Waals surface area contributed by atoms with Gasteiger partial charge in [0.2, 0.25) is 5.91 Å². The molecule has 0 saturated carbocycles. The number of carbonyl (C=O) groups is 1. The van der Waals surface area contributed by atoms with Gasteiger partial charge in [0.15, 0.2) is 11.5 Å². The minimum absolute atomic E-state index is 0.0158. The van der Waals surface area contributed by atoms with E-state index in [1.807, 2.05) is 13.8 Å². The van der Waals surface area contributed by atoms with Crippen LogP contribution < -0.4 is 20.3 Å². The molecule has 4 rings (SSSR count). The summed E-state index contributed by atoms with van der Waals surface area (Å²) in [5.41, 5.74) is 1.44. The van der Waals surface area contributed by atoms with Gasteiger partial charge in [-0.25, -0.2) is 4.98 Å². The normalized spacial score (nSPS) is 13.0. The summed E-state index contributed by atoms with van der Waals surface area (Å²) in [5.74, 6) is 1.35. The molecule has 0 aliphatic carbocycles. The van der Waals surface area contributed by atoms with Gasteiger partial charge >= 0.3 is 0 Å². The Hall–Kier alpha value is -2.87. The fraction of sp³-hybridized carbons (Fsp3) is 0.316. The van der Waals surface area contributed by atoms with E-state index in [-0.39, 0.29) is 17.9 Å². The summed E-state index contributed by atoms with van der Waals surface area (Å²) in [7, 11) is 0. The molecule has 3 aromatic rings. The van der Waals surface area contributed by atoms with Gasteiger partial charge in [-0.1, -0.05) is 6.92 Å². The third kappa shape index (κ3) is 3.40. The highest BCUT2D eigenvalue weighted by molar-refractivity contribution is 7.18. The van der Waals surface area contributed by atoms with E-state index < -0.39 is 0 Å². The third-order valence-corrected chi connectivity index (χ3v) is 5.46. The fourth-order valence-electron chi connectivity index (χ4n) is 3.21. The summed E-state index contributed by atoms with van der Waals surface area (Å²) in [6, 6.07) is 5.24. The fourth-order valence-corrected chi connectivity index (χ4v) is 4.34. The molecule has 0 radical (unpaired) electrons. The minimum atomic E-state index is -0.266. The molecule has 3 heterocycles. The summed E-state index contributed by atoms with van der Waals surface area (Å²) in [4.78, 5) is 33.8. The molecule has 0 atom stereocenters. The average Bonchev–Trinajstić information content (AvgIpc) is 2.97. The smallest absolute Gasteiger partial charge is 0.259 e. The van der Waals surface area contributed by atoms with Gasteiger partial charge < -0.3 is 19.8 Å². The maximum Gasteiger partial charge on any atom is 0.259 e. The van der Waals surface area contributed by atoms with Crippen LogP contribution in [0.5, 0.6) is 11.5 Å². The van der Waals surface area contributed by atoms with Crippen molar-refractivity contribution in [3.63, 3.8) is 0 Å². The SMILES string of the molecule is CCc1c(C)sc2nc(CC(=O)Nc3ccc4c(c3)OCCO4)[nH]c(=O)c12. The largest absolute Gasteiger partial charge is 0.486 e. The van der Waals surface area contributed by atoms with Crippen molar-refractivity contribution in [2.24, 2.45) is 0 Å². The van der Waals surface area contributed by atoms with Crippen molar-refractivity contribution >= 4 is 33.1 Å². The maximum atomic E-state index is 12.4. The summed E-state index contributed by atoms with van der Waals surface area (Å²) in [5, 5.41) is 3.44. The first-order valence-corrected chi connectivity index (χ1v) is 9.57. The second-order valence-electron chi connectivity index (χ2n) is 6.27. The molecule has 1 aromatic carbocycles. The lowest BCUT2D eigenvalue weighted by Crippen LogP contribution is -2.20. The number of hydrogen-bond acceptors (Lipinski definition) is 6. The summed E-state index contributed by atoms with van der Waals surface area (Å²) in [6.45, 7) is 5.00. The van der Waals surface area contributed by atoms with E-state index in [2.05, 4.69) is 15.3 Å². The monoisotopic (exact) mass is 385 g/mol. The van der Waals surface area contributed by atoms with Crippen molar-refractivity contribution in [2.75, 3.05) is 18.5 Å². The summed E-state index contributed by atoms with van der Waals surface area (Å²) in [6.07, 6.45) is 0.762. The molecular formula is C19H19N3O4S. The maximum absolute atomic E-state index is 12.4. The second-order valence-corrected chi connectivity index (χ2v) is 7.47. The van der Waals surface area contributed by atoms with Crippen molar-refractivity contribution in [1.29, 1.82) is 0 Å². The predicted molar refractivity (Wildman–Crippen MR) is 104 cm³/mol. The number of carbonyl (C=O) groups excluding carboxylic acids is 1. The van der Waals surface area contributed by atoms with Crippen LogP contribution in [0.2, 0.25) is 0 Å². The zero-order chi connectivity index (χ0) is 19.0. The Balaban J connectivity index is 1.54. The molecule has 0 saturated heterocycles. The molecule has 0 unspecified atom stereocenters. The first-order valence-electron chi connectivity index (χ1n) is 8.76. The quantitative estimate of drug-likeness (QED) is 0.720. The van der Waals surface area contributed by atoms with Gasteiger partial charge in [-0.3, -0.25) is 9.59 Å². The van der Waals surface area contributed by atoms with Crippen molar-refractivity contribution < 1.29 is 14.3 Å². The number of benzene rings is 1. The highest BCUT2D eigenvalue weighted by Gasteiger charge is 2.16. The van der Waals surface area contributed by atoms with Crippen LogP contribution in [0.25, 0.3) is 10.2 Å². The number of fused-ring (bicyclic) bond motifs is 2. The number of anilines is 1. The minimum Gasteiger partial charge on any atom is -0.486 e. The van der Waals surface area contributed by atoms with Gasteiger partial charge in [-0.2, -0.15) is 0 Å². The molecule has 8 heteroatoms. The Bertz CT molecular complexity index is 1090. The topological polar surface area (TPSA) is 93.3 Å². The van der Waals surface area contributed by atoms with E-state index in [0.717, 1.165) is 16.9 Å². The Kier molecular flexibility index (Phi) is 4.57. The lowest BCUT2D eigenvalue weighted by atomic mass is 10.1. The number of aromatic nitrogens is 2. The Labute approximate surface area is 159 Å². The molecule has 140 valence electrons. The number of rotatable bonds is 4. The van der Waals surface area contributed by atoms with E-state index in [0.29, 0.717) is 46.4 Å². The Morgan fingerprint density at radius 1 is 1.30 bits per heavy atom. The number of amides is 1. The Morgan fingerprint density at radius 2 is 2.07 bits per heavy atom. The van der Waals surface area contributed by atoms with Crippen LogP contribution in [0.1, 0.15) is 23.2 Å². The van der Waals surface area contributed by atoms with Crippen LogP contribution in [-0.2, 0) is 17.6 Å². The van der Waals surface area contributed by atoms with E-state index in [9.17, 15) is 9.59 Å². The first-order chi connectivity index (χ1) is 13.0. The predicted octanol–water partition coefficient (Wildman–Crippen LogP) is 2.81. The van der Waals surface area contributed by atoms with E-state index in [1.54, 1.807) is 18.2 Å². The van der Waals surface area contributed by atoms with Gasteiger partial charge in [0.05, 0.1) is 11.8 Å². The van der Waals surface area contributed by atoms with Crippen LogP contribution in [0, 0.1) is 6.92 Å². The summed E-state index contributed by atoms with van der Waals surface area (Å²) >= 11 is 1.48. The number of aryl methyl sites for hydroxylation is 2. The zero-order valence-electron chi connectivity index (χ0n) is 15.0. The molecule has 27 heavy (non-hydrogen) atoms. The lowest BCUT2D eigenvalue weighted by molar-refractivity contribution is -0.115. The molecule has 1 aliphatic rings. The number of nitrogens with zero attached hydrogens (tertiary/aromatic N) is 1. The average molecular weight is 385 g/mol. The van der Waals surface area contributed by atoms with Crippen LogP contribution in [0.15, 0.2) is 23.0 Å². The van der Waals surface area contributed by atoms with Gasteiger partial charge in [-0.15, -0.1) is 11.3 Å². The van der Waals surface area contributed by atoms with E-state index in [4.69, 9.17) is 9.47 Å². The van der Waals surface area contributed by atoms with Crippen LogP contribution in [0.3, 0.4) is 0 Å². The van der Waals surface area contributed by atoms with E-state index >= 15 is 0 Å². The van der Waals surface area contributed by atoms with Crippen LogP contribution in [-0.4, -0.2) is 29.1 Å². The van der Waals surface area contributed by atoms with Crippen LogP contribution >= 0.6 is 11.3 Å². The van der Waals surface area contributed by atoms with Crippen molar-refractivity contribution in [2.45, 2.75) is 26.7 Å². The molecule has 2 N–H and O–H groups in total. The standard InChI is InChI=1S/C19H19N3O4S/c1-3-12-10(2)27-19-17(12)18(24)21-15(22-19)9-16(23)20-11-4-5-13-14(8-11)26-7-6-25-13/h4-5,8H,3,6-7,9H2,1-2H3,(H,20,23)(H,21,22,24). The van der Waals surface area contributed by atoms with Crippen molar-refractivity contribution in [3.05, 3.63) is 44.8 Å². The van der Waals surface area contributed by atoms with Gasteiger partial charge in [0.1, 0.15) is 23.9 Å². The zero-order valence-corrected chi connectivity index (χ0v) is 15.9. The highest BCUT2D eigenvalue weighted by atomic mass is 32.1. The number of thiophene rings is 1. The van der Waals surface area contributed by atoms with Gasteiger partial charge in [0.25, 0.3) is 5.56 Å². The van der Waals surface area contributed by atoms with E-state index in [1.165, 1.54) is 11.3 Å². The molecule has 2 aromatic heterocycles. The second kappa shape index (κ2) is 7.03. The molecule has 0 spiro atoms. The highest BCUT2D eigenvalue weighted by Crippen LogP contribution is 2.32. The number of H-pyrrole nitrogens is 1. The number of ether oxygens (including phenoxy) is 2. The van der Waals surface area contributed by atoms with Gasteiger partial charge in [-0.05, 0) is 31.0 Å². The van der Waals surface area contributed by atoms with Crippen molar-refractivity contribution in [1.82, 2.24) is 9.97 Å². The molecule has 0 fully saturated rings. The number of hydrogen-bond donors (Lipinski definition) is 2. The molecule has 0 bridgehead atoms. The first kappa shape index (κ1) is 17.5. The van der Waals surface area contributed by atoms with Crippen molar-refractivity contribution in [3.8, 4) is 11.5 Å². The molecule has 1 amide bonds. The van der Waals surface area contributed by atoms with Gasteiger partial charge in [0, 0.05) is 16.6 Å². The number of nitrogens with one attached hydrogen (secondary N) is 2. The molecule has 7 nitrogen and oxygen atoms in total. The summed E-state index contributed by atoms with van der Waals surface area (Å²) < 4.78 is 11.0. The Morgan fingerprint density at radius 3 is 2.85 bits per heavy atom. The third-order valence-electron chi connectivity index (χ3n) is 4.42. The molecule has 1 aliphatic heterocycles.